The van der Waals surface area contributed by atoms with Crippen LogP contribution in [0.4, 0.5) is 0 Å². The minimum atomic E-state index is -0.154. The number of para-hydroxylation sites is 1. The molecule has 7 nitrogen and oxygen atoms in total. The molecule has 3 rings (SSSR count). The summed E-state index contributed by atoms with van der Waals surface area (Å²) in [5, 5.41) is 0. The number of piperazine rings is 1. The Morgan fingerprint density at radius 1 is 0.828 bits per heavy atom. The van der Waals surface area contributed by atoms with Crippen molar-refractivity contribution in [3.8, 4) is 17.2 Å². The maximum atomic E-state index is 13.0. The molecule has 2 aromatic carbocycles. The van der Waals surface area contributed by atoms with E-state index in [1.54, 1.807) is 28.0 Å². The first-order valence-electron chi connectivity index (χ1n) is 9.60. The number of benzene rings is 2. The molecule has 0 radical (unpaired) electrons. The maximum absolute atomic E-state index is 13.0. The van der Waals surface area contributed by atoms with E-state index >= 15 is 0 Å². The highest BCUT2D eigenvalue weighted by molar-refractivity contribution is 5.99. The molecule has 7 heteroatoms. The summed E-state index contributed by atoms with van der Waals surface area (Å²) in [7, 11) is 3.05. The fraction of sp³-hybridized carbons (Fsp3) is 0.364. The van der Waals surface area contributed by atoms with Gasteiger partial charge in [0.25, 0.3) is 5.91 Å². The van der Waals surface area contributed by atoms with Gasteiger partial charge in [0, 0.05) is 26.2 Å². The van der Waals surface area contributed by atoms with Gasteiger partial charge >= 0.3 is 0 Å². The second kappa shape index (κ2) is 9.82. The molecular weight excluding hydrogens is 372 g/mol. The van der Waals surface area contributed by atoms with Crippen LogP contribution in [0.3, 0.4) is 0 Å². The lowest BCUT2D eigenvalue weighted by Crippen LogP contribution is -2.50. The standard InChI is InChI=1S/C22H26N2O5/c1-27-18-9-6-10-19(28-2)21(18)22(26)24-14-12-23(13-15-24)20(25)11-16-29-17-7-4-3-5-8-17/h3-10H,11-16H2,1-2H3. The van der Waals surface area contributed by atoms with Crippen molar-refractivity contribution in [2.24, 2.45) is 0 Å². The largest absolute Gasteiger partial charge is 0.496 e. The summed E-state index contributed by atoms with van der Waals surface area (Å²) >= 11 is 0. The molecule has 1 aliphatic heterocycles. The second-order valence-electron chi connectivity index (χ2n) is 6.62. The molecule has 0 unspecified atom stereocenters. The molecule has 1 aliphatic rings. The van der Waals surface area contributed by atoms with Gasteiger partial charge in [-0.25, -0.2) is 0 Å². The number of methoxy groups -OCH3 is 2. The summed E-state index contributed by atoms with van der Waals surface area (Å²) in [5.41, 5.74) is 0.411. The van der Waals surface area contributed by atoms with E-state index in [1.165, 1.54) is 14.2 Å². The second-order valence-corrected chi connectivity index (χ2v) is 6.62. The lowest BCUT2D eigenvalue weighted by molar-refractivity contribution is -0.133. The zero-order valence-electron chi connectivity index (χ0n) is 16.8. The molecule has 1 saturated heterocycles. The number of rotatable bonds is 7. The molecule has 2 aromatic rings. The highest BCUT2D eigenvalue weighted by Crippen LogP contribution is 2.29. The number of ether oxygens (including phenoxy) is 3. The fourth-order valence-corrected chi connectivity index (χ4v) is 3.31. The molecule has 154 valence electrons. The molecule has 1 fully saturated rings. The molecule has 0 aromatic heterocycles. The third kappa shape index (κ3) is 4.99. The summed E-state index contributed by atoms with van der Waals surface area (Å²) in [6, 6.07) is 14.7. The molecule has 0 aliphatic carbocycles. The topological polar surface area (TPSA) is 68.3 Å². The number of carbonyl (C=O) groups is 2. The van der Waals surface area contributed by atoms with E-state index in [2.05, 4.69) is 0 Å². The van der Waals surface area contributed by atoms with Gasteiger partial charge in [-0.05, 0) is 24.3 Å². The van der Waals surface area contributed by atoms with E-state index in [9.17, 15) is 9.59 Å². The van der Waals surface area contributed by atoms with Crippen molar-refractivity contribution >= 4 is 11.8 Å². The first kappa shape index (κ1) is 20.5. The van der Waals surface area contributed by atoms with E-state index in [4.69, 9.17) is 14.2 Å². The van der Waals surface area contributed by atoms with Crippen molar-refractivity contribution in [2.75, 3.05) is 47.0 Å². The van der Waals surface area contributed by atoms with Gasteiger partial charge in [0.2, 0.25) is 5.91 Å². The van der Waals surface area contributed by atoms with Crippen LogP contribution in [-0.4, -0.2) is 68.6 Å². The molecule has 0 atom stereocenters. The number of hydrogen-bond donors (Lipinski definition) is 0. The number of hydrogen-bond acceptors (Lipinski definition) is 5. The van der Waals surface area contributed by atoms with Crippen LogP contribution in [0.15, 0.2) is 48.5 Å². The number of nitrogens with zero attached hydrogens (tertiary/aromatic N) is 2. The van der Waals surface area contributed by atoms with Crippen LogP contribution in [0, 0.1) is 0 Å². The van der Waals surface area contributed by atoms with Crippen LogP contribution < -0.4 is 14.2 Å². The molecular formula is C22H26N2O5. The zero-order valence-corrected chi connectivity index (χ0v) is 16.8. The van der Waals surface area contributed by atoms with Crippen LogP contribution in [0.2, 0.25) is 0 Å². The third-order valence-corrected chi connectivity index (χ3v) is 4.89. The Morgan fingerprint density at radius 2 is 1.41 bits per heavy atom. The molecule has 29 heavy (non-hydrogen) atoms. The Balaban J connectivity index is 1.52. The molecule has 0 bridgehead atoms. The van der Waals surface area contributed by atoms with E-state index < -0.39 is 0 Å². The lowest BCUT2D eigenvalue weighted by atomic mass is 10.1. The Kier molecular flexibility index (Phi) is 6.94. The minimum Gasteiger partial charge on any atom is -0.496 e. The fourth-order valence-electron chi connectivity index (χ4n) is 3.31. The zero-order chi connectivity index (χ0) is 20.6. The van der Waals surface area contributed by atoms with Crippen LogP contribution in [0.25, 0.3) is 0 Å². The lowest BCUT2D eigenvalue weighted by Gasteiger charge is -2.35. The van der Waals surface area contributed by atoms with Crippen LogP contribution in [0.5, 0.6) is 17.2 Å². The summed E-state index contributed by atoms with van der Waals surface area (Å²) in [5.74, 6) is 1.58. The highest BCUT2D eigenvalue weighted by Gasteiger charge is 2.28. The molecule has 0 saturated carbocycles. The van der Waals surface area contributed by atoms with Crippen LogP contribution in [-0.2, 0) is 4.79 Å². The van der Waals surface area contributed by atoms with Crippen molar-refractivity contribution in [3.05, 3.63) is 54.1 Å². The van der Waals surface area contributed by atoms with Gasteiger partial charge < -0.3 is 24.0 Å². The van der Waals surface area contributed by atoms with Gasteiger partial charge in [0.05, 0.1) is 27.2 Å². The first-order valence-corrected chi connectivity index (χ1v) is 9.60. The van der Waals surface area contributed by atoms with Crippen molar-refractivity contribution in [3.63, 3.8) is 0 Å². The summed E-state index contributed by atoms with van der Waals surface area (Å²) in [4.78, 5) is 28.9. The van der Waals surface area contributed by atoms with Gasteiger partial charge in [0.15, 0.2) is 0 Å². The van der Waals surface area contributed by atoms with E-state index in [0.717, 1.165) is 5.75 Å². The van der Waals surface area contributed by atoms with Crippen molar-refractivity contribution in [1.82, 2.24) is 9.80 Å². The van der Waals surface area contributed by atoms with Gasteiger partial charge in [-0.3, -0.25) is 9.59 Å². The quantitative estimate of drug-likeness (QED) is 0.717. The third-order valence-electron chi connectivity index (χ3n) is 4.89. The SMILES string of the molecule is COc1cccc(OC)c1C(=O)N1CCN(C(=O)CCOc2ccccc2)CC1. The smallest absolute Gasteiger partial charge is 0.261 e. The summed E-state index contributed by atoms with van der Waals surface area (Å²) in [6.45, 7) is 2.25. The van der Waals surface area contributed by atoms with Crippen LogP contribution >= 0.6 is 0 Å². The van der Waals surface area contributed by atoms with Crippen molar-refractivity contribution in [1.29, 1.82) is 0 Å². The van der Waals surface area contributed by atoms with Gasteiger partial charge in [0.1, 0.15) is 22.8 Å². The predicted octanol–water partition coefficient (Wildman–Crippen LogP) is 2.46. The molecule has 0 spiro atoms. The van der Waals surface area contributed by atoms with Gasteiger partial charge in [-0.15, -0.1) is 0 Å². The Hall–Kier alpha value is -3.22. The normalized spacial score (nSPS) is 13.7. The monoisotopic (exact) mass is 398 g/mol. The average Bonchev–Trinajstić information content (AvgIpc) is 2.78. The average molecular weight is 398 g/mol. The van der Waals surface area contributed by atoms with Crippen molar-refractivity contribution < 1.29 is 23.8 Å². The number of carbonyl (C=O) groups excluding carboxylic acids is 2. The van der Waals surface area contributed by atoms with E-state index in [-0.39, 0.29) is 11.8 Å². The van der Waals surface area contributed by atoms with Crippen LogP contribution in [0.1, 0.15) is 16.8 Å². The van der Waals surface area contributed by atoms with Crippen molar-refractivity contribution in [2.45, 2.75) is 6.42 Å². The molecule has 0 N–H and O–H groups in total. The molecule has 2 amide bonds. The maximum Gasteiger partial charge on any atom is 0.261 e. The molecule has 1 heterocycles. The van der Waals surface area contributed by atoms with Gasteiger partial charge in [-0.1, -0.05) is 24.3 Å². The van der Waals surface area contributed by atoms with E-state index in [1.807, 2.05) is 30.3 Å². The highest BCUT2D eigenvalue weighted by atomic mass is 16.5. The Labute approximate surface area is 170 Å². The number of amides is 2. The first-order chi connectivity index (χ1) is 14.1. The van der Waals surface area contributed by atoms with E-state index in [0.29, 0.717) is 56.3 Å². The van der Waals surface area contributed by atoms with Gasteiger partial charge in [-0.2, -0.15) is 0 Å². The predicted molar refractivity (Wildman–Crippen MR) is 109 cm³/mol. The summed E-state index contributed by atoms with van der Waals surface area (Å²) < 4.78 is 16.3. The minimum absolute atomic E-state index is 0.0305. The Bertz CT molecular complexity index is 810. The summed E-state index contributed by atoms with van der Waals surface area (Å²) in [6.07, 6.45) is 0.309. The Morgan fingerprint density at radius 3 is 2.00 bits per heavy atom.